The average Bonchev–Trinajstić information content (AvgIpc) is 2.79. The largest absolute Gasteiger partial charge is 0.467 e. The van der Waals surface area contributed by atoms with E-state index in [0.717, 1.165) is 12.2 Å². The van der Waals surface area contributed by atoms with Gasteiger partial charge in [-0.1, -0.05) is 6.92 Å². The first-order valence-electron chi connectivity index (χ1n) is 5.69. The molecule has 0 spiro atoms. The number of amides is 1. The lowest BCUT2D eigenvalue weighted by molar-refractivity contribution is -0.121. The summed E-state index contributed by atoms with van der Waals surface area (Å²) in [6.07, 6.45) is 2.62. The van der Waals surface area contributed by atoms with E-state index in [9.17, 15) is 4.79 Å². The van der Waals surface area contributed by atoms with Crippen LogP contribution in [0.5, 0.6) is 0 Å². The molecule has 0 aliphatic rings. The second kappa shape index (κ2) is 6.33. The molecule has 4 nitrogen and oxygen atoms in total. The zero-order valence-corrected chi connectivity index (χ0v) is 10.1. The van der Waals surface area contributed by atoms with E-state index in [0.29, 0.717) is 12.6 Å². The molecule has 2 N–H and O–H groups in total. The maximum atomic E-state index is 11.6. The van der Waals surface area contributed by atoms with Crippen LogP contribution >= 0.6 is 0 Å². The van der Waals surface area contributed by atoms with Crippen LogP contribution in [0.25, 0.3) is 0 Å². The van der Waals surface area contributed by atoms with E-state index in [1.807, 2.05) is 19.1 Å². The first-order chi connectivity index (χ1) is 7.63. The fourth-order valence-electron chi connectivity index (χ4n) is 1.31. The third kappa shape index (κ3) is 4.06. The Morgan fingerprint density at radius 3 is 2.81 bits per heavy atom. The van der Waals surface area contributed by atoms with Gasteiger partial charge in [0.15, 0.2) is 0 Å². The van der Waals surface area contributed by atoms with Gasteiger partial charge in [-0.25, -0.2) is 0 Å². The van der Waals surface area contributed by atoms with Crippen LogP contribution in [-0.2, 0) is 4.79 Å². The van der Waals surface area contributed by atoms with Gasteiger partial charge >= 0.3 is 0 Å². The standard InChI is InChI=1S/C12H20N2O2/c1-4-9(2)13-8-12(15)14-10(3)11-6-5-7-16-11/h5-7,9-10,13H,4,8H2,1-3H3,(H,14,15)/t9?,10-/m0/s1. The quantitative estimate of drug-likeness (QED) is 0.775. The summed E-state index contributed by atoms with van der Waals surface area (Å²) in [4.78, 5) is 11.6. The number of carbonyl (C=O) groups excluding carboxylic acids is 1. The minimum atomic E-state index is -0.0822. The van der Waals surface area contributed by atoms with Crippen molar-refractivity contribution in [2.24, 2.45) is 0 Å². The van der Waals surface area contributed by atoms with Crippen LogP contribution in [0.4, 0.5) is 0 Å². The average molecular weight is 224 g/mol. The number of furan rings is 1. The van der Waals surface area contributed by atoms with Crippen molar-refractivity contribution < 1.29 is 9.21 Å². The lowest BCUT2D eigenvalue weighted by atomic mass is 10.2. The minimum absolute atomic E-state index is 0.01000. The fourth-order valence-corrected chi connectivity index (χ4v) is 1.31. The summed E-state index contributed by atoms with van der Waals surface area (Å²) < 4.78 is 5.21. The van der Waals surface area contributed by atoms with Crippen LogP contribution in [0.1, 0.15) is 39.0 Å². The molecule has 4 heteroatoms. The third-order valence-corrected chi connectivity index (χ3v) is 2.57. The molecule has 0 radical (unpaired) electrons. The van der Waals surface area contributed by atoms with Gasteiger partial charge in [-0.15, -0.1) is 0 Å². The van der Waals surface area contributed by atoms with Crippen LogP contribution in [0.2, 0.25) is 0 Å². The van der Waals surface area contributed by atoms with Crippen LogP contribution in [0, 0.1) is 0 Å². The molecule has 1 aromatic heterocycles. The Labute approximate surface area is 96.4 Å². The van der Waals surface area contributed by atoms with Gasteiger partial charge in [-0.2, -0.15) is 0 Å². The van der Waals surface area contributed by atoms with E-state index in [2.05, 4.69) is 24.5 Å². The van der Waals surface area contributed by atoms with Gasteiger partial charge < -0.3 is 15.1 Å². The highest BCUT2D eigenvalue weighted by Gasteiger charge is 2.11. The molecule has 0 saturated carbocycles. The molecule has 90 valence electrons. The molecule has 0 bridgehead atoms. The molecule has 1 heterocycles. The van der Waals surface area contributed by atoms with Gasteiger partial charge in [-0.05, 0) is 32.4 Å². The van der Waals surface area contributed by atoms with Crippen LogP contribution in [-0.4, -0.2) is 18.5 Å². The van der Waals surface area contributed by atoms with Crippen molar-refractivity contribution in [3.8, 4) is 0 Å². The van der Waals surface area contributed by atoms with Crippen LogP contribution in [0.15, 0.2) is 22.8 Å². The number of nitrogens with one attached hydrogen (secondary N) is 2. The Morgan fingerprint density at radius 2 is 2.25 bits per heavy atom. The number of rotatable bonds is 6. The Bertz CT molecular complexity index is 309. The molecule has 0 aliphatic heterocycles. The Balaban J connectivity index is 2.29. The molecule has 0 saturated heterocycles. The molecular weight excluding hydrogens is 204 g/mol. The van der Waals surface area contributed by atoms with Gasteiger partial charge in [0.1, 0.15) is 5.76 Å². The fraction of sp³-hybridized carbons (Fsp3) is 0.583. The van der Waals surface area contributed by atoms with E-state index < -0.39 is 0 Å². The molecule has 1 unspecified atom stereocenters. The van der Waals surface area contributed by atoms with Crippen molar-refractivity contribution in [3.05, 3.63) is 24.2 Å². The van der Waals surface area contributed by atoms with Gasteiger partial charge in [0, 0.05) is 6.04 Å². The van der Waals surface area contributed by atoms with Gasteiger partial charge in [-0.3, -0.25) is 4.79 Å². The number of hydrogen-bond acceptors (Lipinski definition) is 3. The predicted octanol–water partition coefficient (Wildman–Crippen LogP) is 1.84. The highest BCUT2D eigenvalue weighted by atomic mass is 16.3. The second-order valence-electron chi connectivity index (χ2n) is 3.99. The summed E-state index contributed by atoms with van der Waals surface area (Å²) in [5.41, 5.74) is 0. The maximum Gasteiger partial charge on any atom is 0.234 e. The van der Waals surface area contributed by atoms with E-state index in [1.165, 1.54) is 0 Å². The molecule has 16 heavy (non-hydrogen) atoms. The zero-order chi connectivity index (χ0) is 12.0. The van der Waals surface area contributed by atoms with Crippen molar-refractivity contribution in [3.63, 3.8) is 0 Å². The molecule has 0 fully saturated rings. The van der Waals surface area contributed by atoms with Crippen molar-refractivity contribution in [2.75, 3.05) is 6.54 Å². The summed E-state index contributed by atoms with van der Waals surface area (Å²) in [5.74, 6) is 0.765. The molecular formula is C12H20N2O2. The molecule has 2 atom stereocenters. The third-order valence-electron chi connectivity index (χ3n) is 2.57. The summed E-state index contributed by atoms with van der Waals surface area (Å²) in [6, 6.07) is 3.95. The van der Waals surface area contributed by atoms with E-state index in [4.69, 9.17) is 4.42 Å². The minimum Gasteiger partial charge on any atom is -0.467 e. The summed E-state index contributed by atoms with van der Waals surface area (Å²) in [7, 11) is 0. The normalized spacial score (nSPS) is 14.4. The SMILES string of the molecule is CCC(C)NCC(=O)N[C@@H](C)c1ccco1. The monoisotopic (exact) mass is 224 g/mol. The van der Waals surface area contributed by atoms with Crippen molar-refractivity contribution >= 4 is 5.91 Å². The summed E-state index contributed by atoms with van der Waals surface area (Å²) >= 11 is 0. The predicted molar refractivity (Wildman–Crippen MR) is 63.0 cm³/mol. The van der Waals surface area contributed by atoms with Crippen molar-refractivity contribution in [2.45, 2.75) is 39.3 Å². The zero-order valence-electron chi connectivity index (χ0n) is 10.1. The smallest absolute Gasteiger partial charge is 0.234 e. The van der Waals surface area contributed by atoms with Crippen LogP contribution < -0.4 is 10.6 Å². The van der Waals surface area contributed by atoms with Gasteiger partial charge in [0.25, 0.3) is 0 Å². The Kier molecular flexibility index (Phi) is 5.05. The Hall–Kier alpha value is -1.29. The molecule has 1 amide bonds. The van der Waals surface area contributed by atoms with Crippen molar-refractivity contribution in [1.82, 2.24) is 10.6 Å². The molecule has 1 aromatic rings. The van der Waals surface area contributed by atoms with Gasteiger partial charge in [0.05, 0.1) is 18.8 Å². The lowest BCUT2D eigenvalue weighted by Gasteiger charge is -2.14. The second-order valence-corrected chi connectivity index (χ2v) is 3.99. The lowest BCUT2D eigenvalue weighted by Crippen LogP contribution is -2.38. The van der Waals surface area contributed by atoms with Crippen LogP contribution in [0.3, 0.4) is 0 Å². The summed E-state index contributed by atoms with van der Waals surface area (Å²) in [6.45, 7) is 6.39. The first kappa shape index (κ1) is 12.8. The van der Waals surface area contributed by atoms with Crippen molar-refractivity contribution in [1.29, 1.82) is 0 Å². The maximum absolute atomic E-state index is 11.6. The molecule has 0 aliphatic carbocycles. The van der Waals surface area contributed by atoms with E-state index in [1.54, 1.807) is 6.26 Å². The highest BCUT2D eigenvalue weighted by Crippen LogP contribution is 2.11. The number of hydrogen-bond donors (Lipinski definition) is 2. The first-order valence-corrected chi connectivity index (χ1v) is 5.69. The van der Waals surface area contributed by atoms with E-state index in [-0.39, 0.29) is 11.9 Å². The molecule has 0 aromatic carbocycles. The number of carbonyl (C=O) groups is 1. The van der Waals surface area contributed by atoms with E-state index >= 15 is 0 Å². The highest BCUT2D eigenvalue weighted by molar-refractivity contribution is 5.78. The summed E-state index contributed by atoms with van der Waals surface area (Å²) in [5, 5.41) is 6.01. The Morgan fingerprint density at radius 1 is 1.50 bits per heavy atom. The topological polar surface area (TPSA) is 54.3 Å². The molecule has 1 rings (SSSR count). The van der Waals surface area contributed by atoms with Gasteiger partial charge in [0.2, 0.25) is 5.91 Å².